The maximum Gasteiger partial charge on any atom is 0.407 e. The van der Waals surface area contributed by atoms with Gasteiger partial charge in [-0.3, -0.25) is 0 Å². The minimum absolute atomic E-state index is 0.0458. The van der Waals surface area contributed by atoms with Gasteiger partial charge in [0.25, 0.3) is 0 Å². The number of hydrogen-bond acceptors (Lipinski definition) is 5. The molecule has 3 N–H and O–H groups in total. The van der Waals surface area contributed by atoms with E-state index in [9.17, 15) is 9.59 Å². The lowest BCUT2D eigenvalue weighted by atomic mass is 10.2. The second-order valence-electron chi connectivity index (χ2n) is 5.54. The van der Waals surface area contributed by atoms with Crippen molar-refractivity contribution in [2.75, 3.05) is 18.4 Å². The molecule has 1 amide bonds. The molecule has 0 aromatic carbocycles. The van der Waals surface area contributed by atoms with Gasteiger partial charge in [-0.05, 0) is 39.3 Å². The number of halogens is 1. The van der Waals surface area contributed by atoms with Crippen molar-refractivity contribution in [2.45, 2.75) is 32.8 Å². The van der Waals surface area contributed by atoms with E-state index in [1.54, 1.807) is 20.8 Å². The Labute approximate surface area is 134 Å². The molecule has 0 aliphatic carbocycles. The normalized spacial score (nSPS) is 10.9. The zero-order valence-electron chi connectivity index (χ0n) is 12.8. The summed E-state index contributed by atoms with van der Waals surface area (Å²) in [5.41, 5.74) is -0.492. The Morgan fingerprint density at radius 3 is 2.59 bits per heavy atom. The van der Waals surface area contributed by atoms with Crippen LogP contribution in [0.3, 0.4) is 0 Å². The molecule has 22 heavy (non-hydrogen) atoms. The minimum Gasteiger partial charge on any atom is -0.478 e. The fourth-order valence-corrected chi connectivity index (χ4v) is 1.69. The van der Waals surface area contributed by atoms with E-state index in [2.05, 4.69) is 15.6 Å². The average molecular weight is 330 g/mol. The van der Waals surface area contributed by atoms with E-state index in [1.165, 1.54) is 12.1 Å². The second kappa shape index (κ2) is 7.84. The van der Waals surface area contributed by atoms with Gasteiger partial charge in [-0.2, -0.15) is 0 Å². The zero-order chi connectivity index (χ0) is 16.8. The molecule has 8 heteroatoms. The van der Waals surface area contributed by atoms with Crippen LogP contribution in [0.4, 0.5) is 10.6 Å². The molecule has 0 fully saturated rings. The molecule has 0 saturated heterocycles. The monoisotopic (exact) mass is 329 g/mol. The minimum atomic E-state index is -1.08. The summed E-state index contributed by atoms with van der Waals surface area (Å²) in [6.07, 6.45) is 0.0894. The smallest absolute Gasteiger partial charge is 0.407 e. The predicted molar refractivity (Wildman–Crippen MR) is 83.5 cm³/mol. The number of nitrogens with one attached hydrogen (secondary N) is 2. The van der Waals surface area contributed by atoms with E-state index in [1.807, 2.05) is 0 Å². The summed E-state index contributed by atoms with van der Waals surface area (Å²) in [6.45, 7) is 6.18. The lowest BCUT2D eigenvalue weighted by molar-refractivity contribution is 0.0527. The molecule has 0 unspecified atom stereocenters. The molecule has 1 aromatic rings. The van der Waals surface area contributed by atoms with Gasteiger partial charge in [0.1, 0.15) is 22.1 Å². The number of ether oxygens (including phenoxy) is 1. The highest BCUT2D eigenvalue weighted by atomic mass is 35.5. The molecule has 0 bridgehead atoms. The van der Waals surface area contributed by atoms with E-state index in [0.717, 1.165) is 0 Å². The average Bonchev–Trinajstić information content (AvgIpc) is 2.35. The Bertz CT molecular complexity index is 543. The number of carbonyl (C=O) groups excluding carboxylic acids is 1. The Balaban J connectivity index is 2.38. The van der Waals surface area contributed by atoms with Gasteiger partial charge in [-0.1, -0.05) is 11.6 Å². The summed E-state index contributed by atoms with van der Waals surface area (Å²) >= 11 is 5.75. The van der Waals surface area contributed by atoms with Crippen molar-refractivity contribution in [3.05, 3.63) is 22.8 Å². The molecule has 1 aromatic heterocycles. The number of carboxylic acid groups (broad SMARTS) is 1. The van der Waals surface area contributed by atoms with E-state index in [-0.39, 0.29) is 16.5 Å². The van der Waals surface area contributed by atoms with Crippen molar-refractivity contribution in [2.24, 2.45) is 0 Å². The van der Waals surface area contributed by atoms with Crippen LogP contribution in [0, 0.1) is 0 Å². The second-order valence-corrected chi connectivity index (χ2v) is 5.93. The highest BCUT2D eigenvalue weighted by Crippen LogP contribution is 2.16. The fraction of sp³-hybridized carbons (Fsp3) is 0.500. The Morgan fingerprint density at radius 2 is 2.00 bits per heavy atom. The molecule has 0 aliphatic heterocycles. The van der Waals surface area contributed by atoms with Gasteiger partial charge in [0.15, 0.2) is 0 Å². The number of carboxylic acids is 1. The Hall–Kier alpha value is -2.02. The number of aromatic nitrogens is 1. The van der Waals surface area contributed by atoms with Crippen molar-refractivity contribution >= 4 is 29.5 Å². The van der Waals surface area contributed by atoms with Gasteiger partial charge in [0.2, 0.25) is 0 Å². The summed E-state index contributed by atoms with van der Waals surface area (Å²) in [5, 5.41) is 14.8. The van der Waals surface area contributed by atoms with Gasteiger partial charge in [-0.25, -0.2) is 14.6 Å². The number of hydrogen-bond donors (Lipinski definition) is 3. The van der Waals surface area contributed by atoms with Crippen molar-refractivity contribution in [1.82, 2.24) is 10.3 Å². The standard InChI is InChI=1S/C14H20ClN3O4/c1-14(2,3)22-13(21)17-8-4-7-16-11-9(12(19)20)5-6-10(15)18-11/h5-6H,4,7-8H2,1-3H3,(H,16,18)(H,17,21)(H,19,20). The van der Waals surface area contributed by atoms with Crippen LogP contribution in [0.1, 0.15) is 37.6 Å². The molecule has 7 nitrogen and oxygen atoms in total. The zero-order valence-corrected chi connectivity index (χ0v) is 13.5. The first kappa shape index (κ1) is 18.0. The van der Waals surface area contributed by atoms with E-state index >= 15 is 0 Å². The number of amides is 1. The summed E-state index contributed by atoms with van der Waals surface area (Å²) in [7, 11) is 0. The summed E-state index contributed by atoms with van der Waals surface area (Å²) in [4.78, 5) is 26.4. The van der Waals surface area contributed by atoms with Crippen molar-refractivity contribution in [3.8, 4) is 0 Å². The molecule has 1 rings (SSSR count). The van der Waals surface area contributed by atoms with Crippen LogP contribution in [0.2, 0.25) is 5.15 Å². The van der Waals surface area contributed by atoms with Crippen LogP contribution < -0.4 is 10.6 Å². The lowest BCUT2D eigenvalue weighted by Crippen LogP contribution is -2.33. The quantitative estimate of drug-likeness (QED) is 0.548. The van der Waals surface area contributed by atoms with Crippen LogP contribution in [-0.4, -0.2) is 40.8 Å². The number of anilines is 1. The predicted octanol–water partition coefficient (Wildman–Crippen LogP) is 2.76. The molecule has 122 valence electrons. The van der Waals surface area contributed by atoms with Gasteiger partial charge >= 0.3 is 12.1 Å². The maximum absolute atomic E-state index is 11.4. The number of carbonyl (C=O) groups is 2. The third kappa shape index (κ3) is 6.62. The molecule has 0 atom stereocenters. The molecule has 0 aliphatic rings. The van der Waals surface area contributed by atoms with E-state index < -0.39 is 17.7 Å². The third-order valence-corrected chi connectivity index (χ3v) is 2.62. The summed E-state index contributed by atoms with van der Waals surface area (Å²) in [6, 6.07) is 2.80. The van der Waals surface area contributed by atoms with Gasteiger partial charge < -0.3 is 20.5 Å². The van der Waals surface area contributed by atoms with Gasteiger partial charge in [-0.15, -0.1) is 0 Å². The number of aromatic carboxylic acids is 1. The van der Waals surface area contributed by atoms with Crippen molar-refractivity contribution < 1.29 is 19.4 Å². The topological polar surface area (TPSA) is 101 Å². The number of pyridine rings is 1. The Kier molecular flexibility index (Phi) is 6.42. The Morgan fingerprint density at radius 1 is 1.32 bits per heavy atom. The summed E-state index contributed by atoms with van der Waals surface area (Å²) < 4.78 is 5.09. The summed E-state index contributed by atoms with van der Waals surface area (Å²) in [5.74, 6) is -0.879. The van der Waals surface area contributed by atoms with Gasteiger partial charge in [0, 0.05) is 13.1 Å². The lowest BCUT2D eigenvalue weighted by Gasteiger charge is -2.19. The third-order valence-electron chi connectivity index (χ3n) is 2.41. The number of rotatable bonds is 6. The van der Waals surface area contributed by atoms with Crippen molar-refractivity contribution in [3.63, 3.8) is 0 Å². The first-order valence-corrected chi connectivity index (χ1v) is 7.17. The SMILES string of the molecule is CC(C)(C)OC(=O)NCCCNc1nc(Cl)ccc1C(=O)O. The van der Waals surface area contributed by atoms with Gasteiger partial charge in [0.05, 0.1) is 0 Å². The van der Waals surface area contributed by atoms with Crippen molar-refractivity contribution in [1.29, 1.82) is 0 Å². The van der Waals surface area contributed by atoms with E-state index in [0.29, 0.717) is 19.5 Å². The number of nitrogens with zero attached hydrogens (tertiary/aromatic N) is 1. The van der Waals surface area contributed by atoms with Crippen LogP contribution >= 0.6 is 11.6 Å². The maximum atomic E-state index is 11.4. The molecule has 0 saturated carbocycles. The van der Waals surface area contributed by atoms with Crippen LogP contribution in [0.5, 0.6) is 0 Å². The fourth-order valence-electron chi connectivity index (χ4n) is 1.54. The molecule has 0 spiro atoms. The highest BCUT2D eigenvalue weighted by molar-refractivity contribution is 6.29. The largest absolute Gasteiger partial charge is 0.478 e. The van der Waals surface area contributed by atoms with Crippen LogP contribution in [0.15, 0.2) is 12.1 Å². The first-order chi connectivity index (χ1) is 10.2. The first-order valence-electron chi connectivity index (χ1n) is 6.79. The molecule has 1 heterocycles. The highest BCUT2D eigenvalue weighted by Gasteiger charge is 2.15. The molecular formula is C14H20ClN3O4. The van der Waals surface area contributed by atoms with E-state index in [4.69, 9.17) is 21.4 Å². The molecule has 0 radical (unpaired) electrons. The number of alkyl carbamates (subject to hydrolysis) is 1. The van der Waals surface area contributed by atoms with Crippen LogP contribution in [0.25, 0.3) is 0 Å². The molecular weight excluding hydrogens is 310 g/mol. The van der Waals surface area contributed by atoms with Crippen LogP contribution in [-0.2, 0) is 4.74 Å².